The fourth-order valence-corrected chi connectivity index (χ4v) is 2.04. The Morgan fingerprint density at radius 2 is 2.35 bits per heavy atom. The average molecular weight is 241 g/mol. The molecule has 1 unspecified atom stereocenters. The Hall–Kier alpha value is -0.980. The van der Waals surface area contributed by atoms with Gasteiger partial charge in [0.2, 0.25) is 5.89 Å². The molecule has 6 nitrogen and oxygen atoms in total. The number of nitrogens with two attached hydrogens (primary N) is 1. The van der Waals surface area contributed by atoms with Crippen LogP contribution in [0.2, 0.25) is 0 Å². The molecule has 0 aliphatic heterocycles. The third kappa shape index (κ3) is 3.02. The van der Waals surface area contributed by atoms with E-state index in [0.717, 1.165) is 25.9 Å². The molecule has 1 heterocycles. The van der Waals surface area contributed by atoms with Gasteiger partial charge in [-0.25, -0.2) is 0 Å². The van der Waals surface area contributed by atoms with E-state index in [4.69, 9.17) is 20.1 Å². The number of aliphatic hydroxyl groups is 1. The molecule has 0 amide bonds. The van der Waals surface area contributed by atoms with Crippen LogP contribution < -0.4 is 5.73 Å². The summed E-state index contributed by atoms with van der Waals surface area (Å²) in [6.45, 7) is 2.61. The van der Waals surface area contributed by atoms with E-state index in [9.17, 15) is 0 Å². The summed E-state index contributed by atoms with van der Waals surface area (Å²) in [5.41, 5.74) is 5.59. The lowest BCUT2D eigenvalue weighted by atomic mass is 9.80. The van der Waals surface area contributed by atoms with Crippen LogP contribution in [0.5, 0.6) is 0 Å². The summed E-state index contributed by atoms with van der Waals surface area (Å²) in [6, 6.07) is -0.551. The number of rotatable bonds is 6. The van der Waals surface area contributed by atoms with Gasteiger partial charge in [0.25, 0.3) is 0 Å². The summed E-state index contributed by atoms with van der Waals surface area (Å²) in [4.78, 5) is 4.17. The van der Waals surface area contributed by atoms with Crippen molar-refractivity contribution in [1.29, 1.82) is 0 Å². The smallest absolute Gasteiger partial charge is 0.226 e. The van der Waals surface area contributed by atoms with Crippen LogP contribution in [0, 0.1) is 5.92 Å². The van der Waals surface area contributed by atoms with Crippen molar-refractivity contribution in [2.24, 2.45) is 11.7 Å². The molecule has 96 valence electrons. The van der Waals surface area contributed by atoms with Crippen LogP contribution in [0.15, 0.2) is 4.52 Å². The van der Waals surface area contributed by atoms with Gasteiger partial charge in [0.05, 0.1) is 18.8 Å². The minimum absolute atomic E-state index is 0.172. The van der Waals surface area contributed by atoms with E-state index < -0.39 is 6.04 Å². The Balaban J connectivity index is 1.79. The number of hydrogen-bond acceptors (Lipinski definition) is 6. The maximum absolute atomic E-state index is 8.87. The van der Waals surface area contributed by atoms with E-state index in [1.165, 1.54) is 0 Å². The van der Waals surface area contributed by atoms with Gasteiger partial charge in [0.1, 0.15) is 0 Å². The molecule has 0 bridgehead atoms. The van der Waals surface area contributed by atoms with E-state index in [-0.39, 0.29) is 6.61 Å². The van der Waals surface area contributed by atoms with E-state index >= 15 is 0 Å². The molecule has 1 aliphatic rings. The molecule has 1 aromatic heterocycles. The highest BCUT2D eigenvalue weighted by Crippen LogP contribution is 2.32. The zero-order valence-corrected chi connectivity index (χ0v) is 10.0. The largest absolute Gasteiger partial charge is 0.394 e. The van der Waals surface area contributed by atoms with Crippen molar-refractivity contribution < 1.29 is 14.4 Å². The summed E-state index contributed by atoms with van der Waals surface area (Å²) >= 11 is 0. The summed E-state index contributed by atoms with van der Waals surface area (Å²) in [5.74, 6) is 1.54. The molecule has 0 saturated heterocycles. The predicted molar refractivity (Wildman–Crippen MR) is 60.2 cm³/mol. The van der Waals surface area contributed by atoms with Gasteiger partial charge < -0.3 is 20.1 Å². The fraction of sp³-hybridized carbons (Fsp3) is 0.818. The summed E-state index contributed by atoms with van der Waals surface area (Å²) in [6.07, 6.45) is 3.27. The molecule has 1 atom stereocenters. The molecule has 1 saturated carbocycles. The summed E-state index contributed by atoms with van der Waals surface area (Å²) in [5, 5.41) is 12.6. The lowest BCUT2D eigenvalue weighted by Crippen LogP contribution is -2.32. The highest BCUT2D eigenvalue weighted by Gasteiger charge is 2.31. The van der Waals surface area contributed by atoms with Crippen LogP contribution >= 0.6 is 0 Å². The number of nitrogens with zero attached hydrogens (tertiary/aromatic N) is 2. The van der Waals surface area contributed by atoms with Gasteiger partial charge in [0.15, 0.2) is 5.82 Å². The lowest BCUT2D eigenvalue weighted by Gasteiger charge is -2.33. The predicted octanol–water partition coefficient (Wildman–Crippen LogP) is 0.419. The van der Waals surface area contributed by atoms with Crippen molar-refractivity contribution in [1.82, 2.24) is 10.1 Å². The second-order valence-corrected chi connectivity index (χ2v) is 4.45. The fourth-order valence-electron chi connectivity index (χ4n) is 2.04. The molecule has 2 rings (SSSR count). The van der Waals surface area contributed by atoms with Gasteiger partial charge >= 0.3 is 0 Å². The highest BCUT2D eigenvalue weighted by molar-refractivity contribution is 4.95. The van der Waals surface area contributed by atoms with Crippen LogP contribution in [-0.2, 0) is 11.2 Å². The molecule has 0 radical (unpaired) electrons. The van der Waals surface area contributed by atoms with E-state index in [1.54, 1.807) is 0 Å². The van der Waals surface area contributed by atoms with Gasteiger partial charge in [-0.15, -0.1) is 0 Å². The number of hydrogen-bond donors (Lipinski definition) is 2. The first-order valence-electron chi connectivity index (χ1n) is 6.03. The topological polar surface area (TPSA) is 94.4 Å². The molecule has 6 heteroatoms. The van der Waals surface area contributed by atoms with Crippen LogP contribution in [0.4, 0.5) is 0 Å². The highest BCUT2D eigenvalue weighted by atomic mass is 16.5. The standard InChI is InChI=1S/C11H19N3O3/c1-2-16-8-3-7(4-8)5-10-13-11(14-17-10)9(12)6-15/h7-9,15H,2-6,12H2,1H3. The van der Waals surface area contributed by atoms with Crippen molar-refractivity contribution in [2.45, 2.75) is 38.3 Å². The summed E-state index contributed by atoms with van der Waals surface area (Å²) in [7, 11) is 0. The molecule has 0 spiro atoms. The SMILES string of the molecule is CCOC1CC(Cc2nc(C(N)CO)no2)C1. The molecular weight excluding hydrogens is 222 g/mol. The zero-order chi connectivity index (χ0) is 12.3. The molecule has 1 aliphatic carbocycles. The Morgan fingerprint density at radius 1 is 1.59 bits per heavy atom. The second-order valence-electron chi connectivity index (χ2n) is 4.45. The van der Waals surface area contributed by atoms with Crippen molar-refractivity contribution in [3.8, 4) is 0 Å². The molecule has 17 heavy (non-hydrogen) atoms. The lowest BCUT2D eigenvalue weighted by molar-refractivity contribution is -0.0258. The van der Waals surface area contributed by atoms with Crippen molar-refractivity contribution in [3.63, 3.8) is 0 Å². The van der Waals surface area contributed by atoms with Crippen molar-refractivity contribution >= 4 is 0 Å². The van der Waals surface area contributed by atoms with Crippen LogP contribution in [0.25, 0.3) is 0 Å². The van der Waals surface area contributed by atoms with Gasteiger partial charge in [-0.05, 0) is 25.7 Å². The Morgan fingerprint density at radius 3 is 3.00 bits per heavy atom. The quantitative estimate of drug-likeness (QED) is 0.749. The maximum atomic E-state index is 8.87. The molecule has 1 aromatic rings. The average Bonchev–Trinajstić information content (AvgIpc) is 2.74. The number of ether oxygens (including phenoxy) is 1. The normalized spacial score (nSPS) is 25.6. The van der Waals surface area contributed by atoms with Crippen molar-refractivity contribution in [2.75, 3.05) is 13.2 Å². The molecule has 3 N–H and O–H groups in total. The summed E-state index contributed by atoms with van der Waals surface area (Å²) < 4.78 is 10.6. The van der Waals surface area contributed by atoms with Crippen LogP contribution in [-0.4, -0.2) is 34.6 Å². The number of aromatic nitrogens is 2. The van der Waals surface area contributed by atoms with Crippen LogP contribution in [0.1, 0.15) is 37.5 Å². The third-order valence-corrected chi connectivity index (χ3v) is 3.07. The molecular formula is C11H19N3O3. The Labute approximate surface area is 100 Å². The van der Waals surface area contributed by atoms with Crippen LogP contribution in [0.3, 0.4) is 0 Å². The van der Waals surface area contributed by atoms with Gasteiger partial charge in [0, 0.05) is 13.0 Å². The molecule has 0 aromatic carbocycles. The third-order valence-electron chi connectivity index (χ3n) is 3.07. The monoisotopic (exact) mass is 241 g/mol. The van der Waals surface area contributed by atoms with E-state index in [0.29, 0.717) is 23.7 Å². The minimum atomic E-state index is -0.551. The van der Waals surface area contributed by atoms with Gasteiger partial charge in [-0.2, -0.15) is 4.98 Å². The first-order valence-corrected chi connectivity index (χ1v) is 6.03. The van der Waals surface area contributed by atoms with Crippen molar-refractivity contribution in [3.05, 3.63) is 11.7 Å². The minimum Gasteiger partial charge on any atom is -0.394 e. The van der Waals surface area contributed by atoms with E-state index in [2.05, 4.69) is 10.1 Å². The van der Waals surface area contributed by atoms with Gasteiger partial charge in [-0.3, -0.25) is 0 Å². The Kier molecular flexibility index (Phi) is 4.09. The van der Waals surface area contributed by atoms with Gasteiger partial charge in [-0.1, -0.05) is 5.16 Å². The molecule has 1 fully saturated rings. The second kappa shape index (κ2) is 5.57. The number of aliphatic hydroxyl groups excluding tert-OH is 1. The first kappa shape index (κ1) is 12.5. The zero-order valence-electron chi connectivity index (χ0n) is 10.0. The maximum Gasteiger partial charge on any atom is 0.226 e. The Bertz CT molecular complexity index is 349. The van der Waals surface area contributed by atoms with E-state index in [1.807, 2.05) is 6.92 Å². The first-order chi connectivity index (χ1) is 8.22.